The highest BCUT2D eigenvalue weighted by atomic mass is 32.1. The molecule has 1 aliphatic rings. The van der Waals surface area contributed by atoms with E-state index in [1.54, 1.807) is 4.52 Å². The molecule has 3 aromatic rings. The zero-order chi connectivity index (χ0) is 13.0. The Labute approximate surface area is 110 Å². The quantitative estimate of drug-likeness (QED) is 0.723. The van der Waals surface area contributed by atoms with E-state index in [0.717, 1.165) is 24.7 Å². The van der Waals surface area contributed by atoms with Crippen LogP contribution in [0.3, 0.4) is 0 Å². The molecule has 96 valence electrons. The molecule has 19 heavy (non-hydrogen) atoms. The summed E-state index contributed by atoms with van der Waals surface area (Å²) in [5, 5.41) is 13.0. The van der Waals surface area contributed by atoms with E-state index in [4.69, 9.17) is 0 Å². The minimum atomic E-state index is -0.613. The van der Waals surface area contributed by atoms with Gasteiger partial charge in [-0.3, -0.25) is 0 Å². The molecule has 0 atom stereocenters. The molecule has 1 saturated carbocycles. The smallest absolute Gasteiger partial charge is 0.207 e. The Kier molecular flexibility index (Phi) is 2.20. The second-order valence-corrected chi connectivity index (χ2v) is 5.51. The van der Waals surface area contributed by atoms with Gasteiger partial charge in [-0.05, 0) is 25.0 Å². The van der Waals surface area contributed by atoms with Gasteiger partial charge in [0.1, 0.15) is 11.6 Å². The number of hydrogen-bond donors (Lipinski definition) is 0. The van der Waals surface area contributed by atoms with Crippen LogP contribution in [0.2, 0.25) is 0 Å². The lowest BCUT2D eigenvalue weighted by Gasteiger charge is -1.97. The van der Waals surface area contributed by atoms with Crippen molar-refractivity contribution < 1.29 is 8.78 Å². The van der Waals surface area contributed by atoms with E-state index in [0.29, 0.717) is 21.4 Å². The van der Waals surface area contributed by atoms with Gasteiger partial charge in [0.15, 0.2) is 10.8 Å². The van der Waals surface area contributed by atoms with E-state index in [1.807, 2.05) is 0 Å². The highest BCUT2D eigenvalue weighted by Gasteiger charge is 2.30. The number of hydrogen-bond acceptors (Lipinski definition) is 4. The Morgan fingerprint density at radius 1 is 1.21 bits per heavy atom. The van der Waals surface area contributed by atoms with Crippen LogP contribution >= 0.6 is 11.3 Å². The van der Waals surface area contributed by atoms with Crippen molar-refractivity contribution in [2.75, 3.05) is 0 Å². The first-order valence-electron chi connectivity index (χ1n) is 5.90. The first-order valence-corrected chi connectivity index (χ1v) is 6.71. The van der Waals surface area contributed by atoms with Crippen LogP contribution in [0.15, 0.2) is 18.2 Å². The van der Waals surface area contributed by atoms with E-state index in [2.05, 4.69) is 15.3 Å². The van der Waals surface area contributed by atoms with Crippen LogP contribution in [-0.4, -0.2) is 19.8 Å². The molecular weight excluding hydrogens is 270 g/mol. The minimum absolute atomic E-state index is 0.290. The van der Waals surface area contributed by atoms with E-state index < -0.39 is 11.6 Å². The van der Waals surface area contributed by atoms with Gasteiger partial charge in [0.05, 0.1) is 0 Å². The van der Waals surface area contributed by atoms with Gasteiger partial charge in [0.25, 0.3) is 0 Å². The van der Waals surface area contributed by atoms with E-state index in [9.17, 15) is 8.78 Å². The lowest BCUT2D eigenvalue weighted by Crippen LogP contribution is -1.94. The van der Waals surface area contributed by atoms with Gasteiger partial charge in [0.2, 0.25) is 4.96 Å². The van der Waals surface area contributed by atoms with Crippen molar-refractivity contribution in [3.63, 3.8) is 0 Å². The number of fused-ring (bicyclic) bond motifs is 1. The van der Waals surface area contributed by atoms with Crippen molar-refractivity contribution in [2.45, 2.75) is 18.8 Å². The van der Waals surface area contributed by atoms with Crippen molar-refractivity contribution in [2.24, 2.45) is 0 Å². The molecule has 0 amide bonds. The average molecular weight is 278 g/mol. The summed E-state index contributed by atoms with van der Waals surface area (Å²) in [6, 6.07) is 3.48. The normalized spacial score (nSPS) is 15.3. The van der Waals surface area contributed by atoms with Gasteiger partial charge >= 0.3 is 0 Å². The predicted octanol–water partition coefficient (Wildman–Crippen LogP) is 3.01. The lowest BCUT2D eigenvalue weighted by atomic mass is 10.2. The molecule has 2 heterocycles. The number of halogens is 2. The highest BCUT2D eigenvalue weighted by molar-refractivity contribution is 7.19. The number of benzene rings is 1. The van der Waals surface area contributed by atoms with Crippen LogP contribution in [0.4, 0.5) is 8.78 Å². The van der Waals surface area contributed by atoms with Gasteiger partial charge in [-0.15, -0.1) is 10.2 Å². The van der Waals surface area contributed by atoms with E-state index in [1.165, 1.54) is 23.5 Å². The number of aromatic nitrogens is 4. The third-order valence-electron chi connectivity index (χ3n) is 3.12. The second-order valence-electron chi connectivity index (χ2n) is 4.56. The molecule has 0 aliphatic heterocycles. The molecule has 1 aromatic carbocycles. The lowest BCUT2D eigenvalue weighted by molar-refractivity contribution is 0.585. The molecule has 0 bridgehead atoms. The summed E-state index contributed by atoms with van der Waals surface area (Å²) in [6.07, 6.45) is 2.19. The third-order valence-corrected chi connectivity index (χ3v) is 4.05. The van der Waals surface area contributed by atoms with Crippen LogP contribution in [0.5, 0.6) is 0 Å². The minimum Gasteiger partial charge on any atom is -0.207 e. The molecule has 2 aromatic heterocycles. The van der Waals surface area contributed by atoms with Crippen LogP contribution < -0.4 is 0 Å². The Morgan fingerprint density at radius 3 is 2.79 bits per heavy atom. The van der Waals surface area contributed by atoms with Crippen molar-refractivity contribution in [3.05, 3.63) is 35.7 Å². The second kappa shape index (κ2) is 3.80. The fourth-order valence-corrected chi connectivity index (χ4v) is 2.87. The fraction of sp³-hybridized carbons (Fsp3) is 0.250. The summed E-state index contributed by atoms with van der Waals surface area (Å²) in [4.78, 5) is 0.639. The van der Waals surface area contributed by atoms with Crippen LogP contribution in [-0.2, 0) is 0 Å². The summed E-state index contributed by atoms with van der Waals surface area (Å²) in [5.74, 6) is 0.0453. The van der Waals surface area contributed by atoms with Gasteiger partial charge in [-0.25, -0.2) is 8.78 Å². The van der Waals surface area contributed by atoms with Crippen molar-refractivity contribution in [1.82, 2.24) is 19.8 Å². The van der Waals surface area contributed by atoms with E-state index in [-0.39, 0.29) is 0 Å². The van der Waals surface area contributed by atoms with Gasteiger partial charge in [-0.1, -0.05) is 11.3 Å². The van der Waals surface area contributed by atoms with Crippen LogP contribution in [0.25, 0.3) is 15.5 Å². The Balaban J connectivity index is 1.86. The first-order chi connectivity index (χ1) is 9.22. The number of rotatable bonds is 2. The maximum Gasteiger partial charge on any atom is 0.234 e. The Morgan fingerprint density at radius 2 is 2.05 bits per heavy atom. The summed E-state index contributed by atoms with van der Waals surface area (Å²) in [6.45, 7) is 0. The summed E-state index contributed by atoms with van der Waals surface area (Å²) < 4.78 is 28.3. The fourth-order valence-electron chi connectivity index (χ4n) is 2.00. The van der Waals surface area contributed by atoms with Crippen LogP contribution in [0, 0.1) is 11.6 Å². The molecule has 1 aliphatic carbocycles. The van der Waals surface area contributed by atoms with Crippen molar-refractivity contribution >= 4 is 16.3 Å². The third kappa shape index (κ3) is 1.73. The molecule has 0 saturated heterocycles. The maximum absolute atomic E-state index is 13.7. The monoisotopic (exact) mass is 278 g/mol. The molecule has 0 unspecified atom stereocenters. The number of nitrogens with zero attached hydrogens (tertiary/aromatic N) is 4. The largest absolute Gasteiger partial charge is 0.234 e. The standard InChI is InChI=1S/C12H8F2N4S/c13-7-3-4-8(9(14)5-7)11-17-18-10(6-1-2-6)15-16-12(18)19-11/h3-6H,1-2H2. The topological polar surface area (TPSA) is 43.1 Å². The molecule has 4 rings (SSSR count). The Bertz CT molecular complexity index is 775. The first kappa shape index (κ1) is 11.0. The SMILES string of the molecule is Fc1ccc(-c2nn3c(C4CC4)nnc3s2)c(F)c1. The van der Waals surface area contributed by atoms with Crippen LogP contribution in [0.1, 0.15) is 24.6 Å². The van der Waals surface area contributed by atoms with Crippen molar-refractivity contribution in [1.29, 1.82) is 0 Å². The molecule has 1 fully saturated rings. The molecule has 0 spiro atoms. The summed E-state index contributed by atoms with van der Waals surface area (Å²) in [5.41, 5.74) is 0.290. The van der Waals surface area contributed by atoms with Gasteiger partial charge in [0, 0.05) is 17.5 Å². The molecule has 4 nitrogen and oxygen atoms in total. The zero-order valence-corrected chi connectivity index (χ0v) is 10.5. The molecular formula is C12H8F2N4S. The van der Waals surface area contributed by atoms with Crippen molar-refractivity contribution in [3.8, 4) is 10.6 Å². The predicted molar refractivity (Wildman–Crippen MR) is 66.0 cm³/mol. The molecule has 7 heteroatoms. The zero-order valence-electron chi connectivity index (χ0n) is 9.68. The molecule has 0 radical (unpaired) electrons. The van der Waals surface area contributed by atoms with Gasteiger partial charge in [-0.2, -0.15) is 9.61 Å². The highest BCUT2D eigenvalue weighted by Crippen LogP contribution is 2.40. The maximum atomic E-state index is 13.7. The van der Waals surface area contributed by atoms with Gasteiger partial charge < -0.3 is 0 Å². The van der Waals surface area contributed by atoms with E-state index >= 15 is 0 Å². The Hall–Kier alpha value is -1.89. The average Bonchev–Trinajstić information content (AvgIpc) is 2.99. The summed E-state index contributed by atoms with van der Waals surface area (Å²) in [7, 11) is 0. The summed E-state index contributed by atoms with van der Waals surface area (Å²) >= 11 is 1.25. The molecule has 0 N–H and O–H groups in total.